The van der Waals surface area contributed by atoms with Crippen molar-refractivity contribution in [2.24, 2.45) is 0 Å². The van der Waals surface area contributed by atoms with Crippen LogP contribution in [-0.4, -0.2) is 33.1 Å². The number of carbonyl (C=O) groups excluding carboxylic acids is 2. The van der Waals surface area contributed by atoms with E-state index in [9.17, 15) is 14.9 Å². The summed E-state index contributed by atoms with van der Waals surface area (Å²) in [5, 5.41) is 17.1. The first-order chi connectivity index (χ1) is 14.3. The third-order valence-electron chi connectivity index (χ3n) is 4.86. The number of anilines is 1. The van der Waals surface area contributed by atoms with Gasteiger partial charge in [0.25, 0.3) is 0 Å². The molecule has 3 aromatic rings. The van der Waals surface area contributed by atoms with E-state index in [2.05, 4.69) is 21.5 Å². The summed E-state index contributed by atoms with van der Waals surface area (Å²) in [7, 11) is 0. The number of carbonyl (C=O) groups is 2. The summed E-state index contributed by atoms with van der Waals surface area (Å²) in [6.07, 6.45) is 0.702. The first kappa shape index (κ1) is 21.5. The topological polar surface area (TPSA) is 109 Å². The third kappa shape index (κ3) is 4.04. The predicted octanol–water partition coefficient (Wildman–Crippen LogP) is 3.64. The summed E-state index contributed by atoms with van der Waals surface area (Å²) >= 11 is 1.06. The molecule has 0 aliphatic rings. The Hall–Kier alpha value is -3.25. The maximum absolute atomic E-state index is 12.6. The van der Waals surface area contributed by atoms with Gasteiger partial charge >= 0.3 is 5.97 Å². The first-order valence-corrected chi connectivity index (χ1v) is 10.4. The molecule has 9 heteroatoms. The van der Waals surface area contributed by atoms with Crippen molar-refractivity contribution in [1.82, 2.24) is 14.6 Å². The molecule has 3 heterocycles. The lowest BCUT2D eigenvalue weighted by Gasteiger charge is -2.11. The largest absolute Gasteiger partial charge is 0.462 e. The average molecular weight is 426 g/mol. The SMILES string of the molecule is CCOC(=O)c1sc(NC(=O)CCc2c(C)nc3cc(C)nn3c2C)c(C#N)c1C. The van der Waals surface area contributed by atoms with Gasteiger partial charge < -0.3 is 10.1 Å². The van der Waals surface area contributed by atoms with Gasteiger partial charge in [0, 0.05) is 23.9 Å². The second kappa shape index (κ2) is 8.63. The fourth-order valence-electron chi connectivity index (χ4n) is 3.36. The number of ether oxygens (including phenoxy) is 1. The van der Waals surface area contributed by atoms with Gasteiger partial charge in [-0.15, -0.1) is 11.3 Å². The monoisotopic (exact) mass is 425 g/mol. The van der Waals surface area contributed by atoms with Crippen molar-refractivity contribution in [3.05, 3.63) is 44.7 Å². The lowest BCUT2D eigenvalue weighted by atomic mass is 10.1. The lowest BCUT2D eigenvalue weighted by Crippen LogP contribution is -2.14. The standard InChI is InChI=1S/C21H23N5O3S/c1-6-29-21(28)19-12(3)16(10-22)20(30-19)24-18(27)8-7-15-13(4)23-17-9-11(2)25-26(17)14(15)5/h9H,6-8H2,1-5H3,(H,24,27). The predicted molar refractivity (Wildman–Crippen MR) is 114 cm³/mol. The van der Waals surface area contributed by atoms with E-state index in [4.69, 9.17) is 4.74 Å². The molecule has 0 fully saturated rings. The van der Waals surface area contributed by atoms with E-state index in [1.807, 2.05) is 26.8 Å². The second-order valence-corrected chi connectivity index (χ2v) is 7.98. The van der Waals surface area contributed by atoms with Crippen molar-refractivity contribution in [1.29, 1.82) is 5.26 Å². The Kier molecular flexibility index (Phi) is 6.17. The van der Waals surface area contributed by atoms with Crippen LogP contribution in [0, 0.1) is 39.0 Å². The number of amides is 1. The van der Waals surface area contributed by atoms with Gasteiger partial charge in [0.1, 0.15) is 15.9 Å². The van der Waals surface area contributed by atoms with Crippen LogP contribution in [-0.2, 0) is 16.0 Å². The van der Waals surface area contributed by atoms with Crippen LogP contribution in [0.15, 0.2) is 6.07 Å². The van der Waals surface area contributed by atoms with Gasteiger partial charge in [-0.3, -0.25) is 4.79 Å². The van der Waals surface area contributed by atoms with Crippen LogP contribution < -0.4 is 5.32 Å². The first-order valence-electron chi connectivity index (χ1n) is 9.59. The fraction of sp³-hybridized carbons (Fsp3) is 0.381. The summed E-state index contributed by atoms with van der Waals surface area (Å²) < 4.78 is 6.82. The van der Waals surface area contributed by atoms with Crippen molar-refractivity contribution in [3.63, 3.8) is 0 Å². The summed E-state index contributed by atoms with van der Waals surface area (Å²) in [5.41, 5.74) is 5.26. The highest BCUT2D eigenvalue weighted by atomic mass is 32.1. The van der Waals surface area contributed by atoms with Crippen molar-refractivity contribution in [3.8, 4) is 6.07 Å². The number of fused-ring (bicyclic) bond motifs is 1. The van der Waals surface area contributed by atoms with E-state index in [1.54, 1.807) is 18.4 Å². The van der Waals surface area contributed by atoms with Crippen LogP contribution in [0.25, 0.3) is 5.65 Å². The zero-order chi connectivity index (χ0) is 22.0. The van der Waals surface area contributed by atoms with Gasteiger partial charge in [0.2, 0.25) is 5.91 Å². The van der Waals surface area contributed by atoms with Crippen molar-refractivity contribution < 1.29 is 14.3 Å². The van der Waals surface area contributed by atoms with E-state index in [0.717, 1.165) is 39.6 Å². The maximum atomic E-state index is 12.6. The van der Waals surface area contributed by atoms with Crippen LogP contribution in [0.5, 0.6) is 0 Å². The minimum atomic E-state index is -0.489. The van der Waals surface area contributed by atoms with Gasteiger partial charge in [-0.1, -0.05) is 0 Å². The maximum Gasteiger partial charge on any atom is 0.348 e. The molecule has 0 radical (unpaired) electrons. The highest BCUT2D eigenvalue weighted by Gasteiger charge is 2.22. The number of rotatable bonds is 6. The zero-order valence-corrected chi connectivity index (χ0v) is 18.4. The quantitative estimate of drug-likeness (QED) is 0.604. The van der Waals surface area contributed by atoms with Gasteiger partial charge in [-0.25, -0.2) is 14.3 Å². The molecular weight excluding hydrogens is 402 g/mol. The molecule has 0 saturated heterocycles. The number of hydrogen-bond donors (Lipinski definition) is 1. The smallest absolute Gasteiger partial charge is 0.348 e. The molecule has 30 heavy (non-hydrogen) atoms. The summed E-state index contributed by atoms with van der Waals surface area (Å²) in [6, 6.07) is 3.98. The molecule has 0 aliphatic heterocycles. The molecule has 0 bridgehead atoms. The van der Waals surface area contributed by atoms with Crippen LogP contribution in [0.2, 0.25) is 0 Å². The molecule has 0 saturated carbocycles. The zero-order valence-electron chi connectivity index (χ0n) is 17.6. The van der Waals surface area contributed by atoms with E-state index in [-0.39, 0.29) is 18.9 Å². The molecule has 0 unspecified atom stereocenters. The minimum Gasteiger partial charge on any atom is -0.462 e. The van der Waals surface area contributed by atoms with Crippen LogP contribution in [0.1, 0.15) is 56.8 Å². The molecule has 156 valence electrons. The number of hydrogen-bond acceptors (Lipinski definition) is 7. The van der Waals surface area contributed by atoms with Crippen molar-refractivity contribution in [2.45, 2.75) is 47.5 Å². The van der Waals surface area contributed by atoms with Crippen LogP contribution >= 0.6 is 11.3 Å². The minimum absolute atomic E-state index is 0.214. The van der Waals surface area contributed by atoms with E-state index < -0.39 is 5.97 Å². The molecule has 3 rings (SSSR count). The molecule has 0 aromatic carbocycles. The van der Waals surface area contributed by atoms with E-state index >= 15 is 0 Å². The molecule has 0 spiro atoms. The average Bonchev–Trinajstić information content (AvgIpc) is 3.20. The van der Waals surface area contributed by atoms with Crippen LogP contribution in [0.3, 0.4) is 0 Å². The summed E-state index contributed by atoms with van der Waals surface area (Å²) in [6.45, 7) is 9.43. The number of esters is 1. The van der Waals surface area contributed by atoms with E-state index in [0.29, 0.717) is 27.4 Å². The number of nitriles is 1. The Morgan fingerprint density at radius 3 is 2.70 bits per heavy atom. The Labute approximate surface area is 178 Å². The Morgan fingerprint density at radius 1 is 1.30 bits per heavy atom. The van der Waals surface area contributed by atoms with Crippen molar-refractivity contribution >= 4 is 33.9 Å². The highest BCUT2D eigenvalue weighted by molar-refractivity contribution is 7.18. The third-order valence-corrected chi connectivity index (χ3v) is 6.05. The van der Waals surface area contributed by atoms with Gasteiger partial charge in [-0.2, -0.15) is 10.4 Å². The molecular formula is C21H23N5O3S. The van der Waals surface area contributed by atoms with E-state index in [1.165, 1.54) is 0 Å². The number of aromatic nitrogens is 3. The number of nitrogens with one attached hydrogen (secondary N) is 1. The molecule has 8 nitrogen and oxygen atoms in total. The lowest BCUT2D eigenvalue weighted by molar-refractivity contribution is -0.116. The van der Waals surface area contributed by atoms with Gasteiger partial charge in [0.15, 0.2) is 5.65 Å². The number of thiophene rings is 1. The molecule has 1 amide bonds. The second-order valence-electron chi connectivity index (χ2n) is 6.96. The number of nitrogens with zero attached hydrogens (tertiary/aromatic N) is 4. The normalized spacial score (nSPS) is 10.8. The van der Waals surface area contributed by atoms with Gasteiger partial charge in [-0.05, 0) is 52.2 Å². The molecule has 0 aliphatic carbocycles. The fourth-order valence-corrected chi connectivity index (χ4v) is 4.43. The molecule has 0 atom stereocenters. The number of aryl methyl sites for hydroxylation is 3. The Morgan fingerprint density at radius 2 is 2.03 bits per heavy atom. The highest BCUT2D eigenvalue weighted by Crippen LogP contribution is 2.33. The Bertz CT molecular complexity index is 1190. The van der Waals surface area contributed by atoms with Crippen LogP contribution in [0.4, 0.5) is 5.00 Å². The summed E-state index contributed by atoms with van der Waals surface area (Å²) in [4.78, 5) is 29.6. The molecule has 3 aromatic heterocycles. The Balaban J connectivity index is 1.77. The molecule has 1 N–H and O–H groups in total. The van der Waals surface area contributed by atoms with Gasteiger partial charge in [0.05, 0.1) is 17.9 Å². The van der Waals surface area contributed by atoms with Crippen molar-refractivity contribution in [2.75, 3.05) is 11.9 Å². The summed E-state index contributed by atoms with van der Waals surface area (Å²) in [5.74, 6) is -0.726.